The zero-order chi connectivity index (χ0) is 18.0. The van der Waals surface area contributed by atoms with Crippen molar-refractivity contribution in [3.05, 3.63) is 42.0 Å². The summed E-state index contributed by atoms with van der Waals surface area (Å²) in [5, 5.41) is 0. The lowest BCUT2D eigenvalue weighted by Crippen LogP contribution is -2.48. The highest BCUT2D eigenvalue weighted by molar-refractivity contribution is 7.99. The molecule has 0 aliphatic rings. The van der Waals surface area contributed by atoms with E-state index in [0.717, 1.165) is 17.4 Å². The Hall–Kier alpha value is -1.63. The minimum Gasteiger partial charge on any atom is -0.461 e. The van der Waals surface area contributed by atoms with E-state index in [0.29, 0.717) is 17.9 Å². The van der Waals surface area contributed by atoms with Crippen molar-refractivity contribution in [3.8, 4) is 0 Å². The molecule has 0 aliphatic heterocycles. The van der Waals surface area contributed by atoms with Crippen LogP contribution in [0.5, 0.6) is 0 Å². The van der Waals surface area contributed by atoms with Gasteiger partial charge in [0.15, 0.2) is 0 Å². The van der Waals surface area contributed by atoms with Crippen molar-refractivity contribution >= 4 is 30.1 Å². The first-order chi connectivity index (χ1) is 11.4. The van der Waals surface area contributed by atoms with Gasteiger partial charge >= 0.3 is 5.97 Å². The Morgan fingerprint density at radius 2 is 2.08 bits per heavy atom. The molecule has 0 saturated heterocycles. The smallest absolute Gasteiger partial charge is 0.306 e. The molecule has 1 rings (SSSR count). The van der Waals surface area contributed by atoms with Crippen molar-refractivity contribution in [2.24, 2.45) is 11.5 Å². The van der Waals surface area contributed by atoms with E-state index in [4.69, 9.17) is 16.2 Å². The van der Waals surface area contributed by atoms with Crippen LogP contribution >= 0.6 is 11.8 Å². The summed E-state index contributed by atoms with van der Waals surface area (Å²) in [6, 6.07) is 7.51. The number of nitrogens with two attached hydrogens (primary N) is 2. The van der Waals surface area contributed by atoms with E-state index in [1.165, 1.54) is 11.8 Å². The van der Waals surface area contributed by atoms with Gasteiger partial charge in [-0.05, 0) is 24.5 Å². The molecule has 6 heteroatoms. The number of benzene rings is 1. The number of carbonyl (C=O) groups is 2. The second kappa shape index (κ2) is 10.3. The molecule has 0 saturated carbocycles. The second-order valence-corrected chi connectivity index (χ2v) is 7.05. The van der Waals surface area contributed by atoms with Gasteiger partial charge in [0.25, 0.3) is 0 Å². The summed E-state index contributed by atoms with van der Waals surface area (Å²) in [5.41, 5.74) is 12.7. The first-order valence-corrected chi connectivity index (χ1v) is 8.99. The van der Waals surface area contributed by atoms with Gasteiger partial charge in [0.2, 0.25) is 0 Å². The van der Waals surface area contributed by atoms with Crippen molar-refractivity contribution in [3.63, 3.8) is 0 Å². The molecule has 0 bridgehead atoms. The quantitative estimate of drug-likeness (QED) is 0.361. The van der Waals surface area contributed by atoms with Gasteiger partial charge in [-0.3, -0.25) is 4.79 Å². The number of aldehydes is 1. The molecule has 0 aromatic heterocycles. The highest BCUT2D eigenvalue weighted by Crippen LogP contribution is 2.16. The van der Waals surface area contributed by atoms with E-state index in [2.05, 4.69) is 6.58 Å². The Kier molecular flexibility index (Phi) is 8.74. The summed E-state index contributed by atoms with van der Waals surface area (Å²) in [5.74, 6) is 0.727. The van der Waals surface area contributed by atoms with Crippen LogP contribution in [-0.4, -0.2) is 35.3 Å². The van der Waals surface area contributed by atoms with E-state index >= 15 is 0 Å². The highest BCUT2D eigenvalue weighted by Gasteiger charge is 2.25. The van der Waals surface area contributed by atoms with Gasteiger partial charge in [0.05, 0.1) is 12.0 Å². The monoisotopic (exact) mass is 350 g/mol. The fraction of sp³-hybridized carbons (Fsp3) is 0.444. The lowest BCUT2D eigenvalue weighted by molar-refractivity contribution is -0.144. The molecule has 1 aromatic carbocycles. The van der Waals surface area contributed by atoms with Crippen LogP contribution in [0.4, 0.5) is 0 Å². The molecule has 0 spiro atoms. The number of hydrogen-bond donors (Lipinski definition) is 2. The predicted octanol–water partition coefficient (Wildman–Crippen LogP) is 2.13. The lowest BCUT2D eigenvalue weighted by atomic mass is 9.97. The van der Waals surface area contributed by atoms with Crippen molar-refractivity contribution in [2.45, 2.75) is 38.0 Å². The van der Waals surface area contributed by atoms with E-state index in [1.807, 2.05) is 31.2 Å². The third kappa shape index (κ3) is 7.77. The molecule has 2 atom stereocenters. The van der Waals surface area contributed by atoms with Gasteiger partial charge in [0.1, 0.15) is 12.9 Å². The van der Waals surface area contributed by atoms with Crippen LogP contribution in [0.15, 0.2) is 30.8 Å². The van der Waals surface area contributed by atoms with Gasteiger partial charge in [0, 0.05) is 17.5 Å². The number of thioether (sulfide) groups is 1. The first kappa shape index (κ1) is 20.4. The van der Waals surface area contributed by atoms with Crippen molar-refractivity contribution in [1.82, 2.24) is 0 Å². The second-order valence-electron chi connectivity index (χ2n) is 5.94. The van der Waals surface area contributed by atoms with Crippen LogP contribution in [0.1, 0.15) is 30.9 Å². The normalized spacial score (nSPS) is 14.5. The van der Waals surface area contributed by atoms with Crippen LogP contribution < -0.4 is 11.5 Å². The Morgan fingerprint density at radius 3 is 2.62 bits per heavy atom. The molecule has 132 valence electrons. The van der Waals surface area contributed by atoms with Gasteiger partial charge in [-0.1, -0.05) is 36.9 Å². The molecular formula is C18H26N2O3S. The SMILES string of the molecule is C=Cc1ccc(COC(=O)CCSCC(N)(C=O)CC(C)N)cc1. The molecule has 5 nitrogen and oxygen atoms in total. The fourth-order valence-corrected chi connectivity index (χ4v) is 3.17. The minimum atomic E-state index is -0.935. The van der Waals surface area contributed by atoms with E-state index in [-0.39, 0.29) is 25.0 Å². The van der Waals surface area contributed by atoms with Gasteiger partial charge in [-0.15, -0.1) is 0 Å². The maximum absolute atomic E-state index is 11.7. The molecule has 24 heavy (non-hydrogen) atoms. The molecule has 4 N–H and O–H groups in total. The molecule has 0 aliphatic carbocycles. The Morgan fingerprint density at radius 1 is 1.42 bits per heavy atom. The van der Waals surface area contributed by atoms with Gasteiger partial charge in [-0.25, -0.2) is 0 Å². The maximum atomic E-state index is 11.7. The van der Waals surface area contributed by atoms with E-state index in [1.54, 1.807) is 6.08 Å². The van der Waals surface area contributed by atoms with Crippen LogP contribution in [0.2, 0.25) is 0 Å². The number of rotatable bonds is 11. The van der Waals surface area contributed by atoms with E-state index < -0.39 is 5.54 Å². The lowest BCUT2D eigenvalue weighted by Gasteiger charge is -2.24. The molecule has 0 amide bonds. The molecule has 0 heterocycles. The number of hydrogen-bond acceptors (Lipinski definition) is 6. The molecular weight excluding hydrogens is 324 g/mol. The summed E-state index contributed by atoms with van der Waals surface area (Å²) in [7, 11) is 0. The summed E-state index contributed by atoms with van der Waals surface area (Å²) >= 11 is 1.46. The van der Waals surface area contributed by atoms with Crippen LogP contribution in [0.3, 0.4) is 0 Å². The van der Waals surface area contributed by atoms with Crippen molar-refractivity contribution in [2.75, 3.05) is 11.5 Å². The third-order valence-electron chi connectivity index (χ3n) is 3.37. The standard InChI is InChI=1S/C18H26N2O3S/c1-3-15-4-6-16(7-5-15)11-23-17(22)8-9-24-13-18(20,12-21)10-14(2)19/h3-7,12,14H,1,8-11,13,19-20H2,2H3. The Balaban J connectivity index is 2.26. The molecule has 1 aromatic rings. The van der Waals surface area contributed by atoms with Gasteiger partial charge in [-0.2, -0.15) is 11.8 Å². The largest absolute Gasteiger partial charge is 0.461 e. The fourth-order valence-electron chi connectivity index (χ4n) is 2.14. The topological polar surface area (TPSA) is 95.4 Å². The third-order valence-corrected chi connectivity index (χ3v) is 4.61. The number of carbonyl (C=O) groups excluding carboxylic acids is 2. The molecule has 0 fully saturated rings. The van der Waals surface area contributed by atoms with E-state index in [9.17, 15) is 9.59 Å². The zero-order valence-corrected chi connectivity index (χ0v) is 14.9. The molecule has 2 unspecified atom stereocenters. The van der Waals surface area contributed by atoms with Crippen LogP contribution in [0.25, 0.3) is 6.08 Å². The maximum Gasteiger partial charge on any atom is 0.306 e. The average molecular weight is 350 g/mol. The highest BCUT2D eigenvalue weighted by atomic mass is 32.2. The first-order valence-electron chi connectivity index (χ1n) is 7.84. The average Bonchev–Trinajstić information content (AvgIpc) is 2.56. The Bertz CT molecular complexity index is 546. The summed E-state index contributed by atoms with van der Waals surface area (Å²) < 4.78 is 5.23. The van der Waals surface area contributed by atoms with Crippen molar-refractivity contribution in [1.29, 1.82) is 0 Å². The predicted molar refractivity (Wildman–Crippen MR) is 99.5 cm³/mol. The molecule has 0 radical (unpaired) electrons. The summed E-state index contributed by atoms with van der Waals surface area (Å²) in [6.07, 6.45) is 3.21. The zero-order valence-electron chi connectivity index (χ0n) is 14.1. The van der Waals surface area contributed by atoms with Crippen LogP contribution in [-0.2, 0) is 20.9 Å². The van der Waals surface area contributed by atoms with Crippen molar-refractivity contribution < 1.29 is 14.3 Å². The number of esters is 1. The van der Waals surface area contributed by atoms with Gasteiger partial charge < -0.3 is 21.0 Å². The summed E-state index contributed by atoms with van der Waals surface area (Å²) in [4.78, 5) is 22.8. The minimum absolute atomic E-state index is 0.141. The Labute approximate surface area is 147 Å². The van der Waals surface area contributed by atoms with Crippen LogP contribution in [0, 0.1) is 0 Å². The number of ether oxygens (including phenoxy) is 1. The summed E-state index contributed by atoms with van der Waals surface area (Å²) in [6.45, 7) is 5.76.